The van der Waals surface area contributed by atoms with Crippen LogP contribution < -0.4 is 10.2 Å². The normalized spacial score (nSPS) is 15.2. The maximum atomic E-state index is 12.7. The van der Waals surface area contributed by atoms with E-state index in [0.29, 0.717) is 0 Å². The Morgan fingerprint density at radius 1 is 1.10 bits per heavy atom. The summed E-state index contributed by atoms with van der Waals surface area (Å²) in [6.07, 6.45) is 0. The van der Waals surface area contributed by atoms with Gasteiger partial charge in [-0.05, 0) is 62.2 Å². The number of nitrogens with zero attached hydrogens (tertiary/aromatic N) is 2. The van der Waals surface area contributed by atoms with Crippen LogP contribution in [0.3, 0.4) is 0 Å². The summed E-state index contributed by atoms with van der Waals surface area (Å²) in [7, 11) is 0. The fourth-order valence-corrected chi connectivity index (χ4v) is 4.56. The highest BCUT2D eigenvalue weighted by Gasteiger charge is 2.17. The molecule has 0 aliphatic carbocycles. The Morgan fingerprint density at radius 2 is 1.83 bits per heavy atom. The number of anilines is 2. The van der Waals surface area contributed by atoms with E-state index >= 15 is 0 Å². The number of hydrogen-bond donors (Lipinski definition) is 1. The minimum atomic E-state index is -0.253. The second kappa shape index (κ2) is 9.06. The lowest BCUT2D eigenvalue weighted by atomic mass is 10.1. The number of amides is 1. The first-order valence-electron chi connectivity index (χ1n) is 10.3. The lowest BCUT2D eigenvalue weighted by Gasteiger charge is -2.28. The molecule has 1 fully saturated rings. The van der Waals surface area contributed by atoms with Crippen molar-refractivity contribution in [1.29, 1.82) is 0 Å². The van der Waals surface area contributed by atoms with Gasteiger partial charge in [0.1, 0.15) is 0 Å². The fourth-order valence-electron chi connectivity index (χ4n) is 3.65. The van der Waals surface area contributed by atoms with Gasteiger partial charge in [-0.3, -0.25) is 4.79 Å². The molecule has 1 amide bonds. The van der Waals surface area contributed by atoms with Gasteiger partial charge in [0.25, 0.3) is 0 Å². The molecule has 3 aromatic rings. The SMILES string of the molecule is Cc1cc(S[C@@H](C)C(=O)Nc2ccc(N3CCOCC3)cc2)nc2c(C)cccc12. The quantitative estimate of drug-likeness (QED) is 0.599. The summed E-state index contributed by atoms with van der Waals surface area (Å²) in [5.41, 5.74) is 5.30. The number of pyridine rings is 1. The van der Waals surface area contributed by atoms with E-state index in [4.69, 9.17) is 9.72 Å². The van der Waals surface area contributed by atoms with Crippen LogP contribution in [0, 0.1) is 13.8 Å². The van der Waals surface area contributed by atoms with Crippen LogP contribution in [0.2, 0.25) is 0 Å². The molecule has 1 atom stereocenters. The largest absolute Gasteiger partial charge is 0.378 e. The van der Waals surface area contributed by atoms with E-state index in [1.807, 2.05) is 19.1 Å². The van der Waals surface area contributed by atoms with Crippen LogP contribution in [0.1, 0.15) is 18.1 Å². The molecule has 1 N–H and O–H groups in total. The first kappa shape index (κ1) is 20.7. The predicted molar refractivity (Wildman–Crippen MR) is 125 cm³/mol. The highest BCUT2D eigenvalue weighted by molar-refractivity contribution is 8.00. The summed E-state index contributed by atoms with van der Waals surface area (Å²) in [6.45, 7) is 9.40. The lowest BCUT2D eigenvalue weighted by Crippen LogP contribution is -2.36. The molecular weight excluding hydrogens is 394 g/mol. The number of carbonyl (C=O) groups is 1. The van der Waals surface area contributed by atoms with Gasteiger partial charge in [-0.15, -0.1) is 0 Å². The molecule has 30 heavy (non-hydrogen) atoms. The number of aromatic nitrogens is 1. The molecule has 0 bridgehead atoms. The number of benzene rings is 2. The van der Waals surface area contributed by atoms with Crippen molar-refractivity contribution in [2.24, 2.45) is 0 Å². The molecular formula is C24H27N3O2S. The maximum Gasteiger partial charge on any atom is 0.237 e. The first-order valence-corrected chi connectivity index (χ1v) is 11.2. The number of hydrogen-bond acceptors (Lipinski definition) is 5. The van der Waals surface area contributed by atoms with Crippen LogP contribution in [0.4, 0.5) is 11.4 Å². The molecule has 0 radical (unpaired) electrons. The number of ether oxygens (including phenoxy) is 1. The van der Waals surface area contributed by atoms with Gasteiger partial charge < -0.3 is 15.0 Å². The third-order valence-electron chi connectivity index (χ3n) is 5.40. The fraction of sp³-hybridized carbons (Fsp3) is 0.333. The Morgan fingerprint density at radius 3 is 2.57 bits per heavy atom. The molecule has 5 nitrogen and oxygen atoms in total. The average molecular weight is 422 g/mol. The van der Waals surface area contributed by atoms with E-state index in [9.17, 15) is 4.79 Å². The smallest absolute Gasteiger partial charge is 0.237 e. The van der Waals surface area contributed by atoms with Crippen LogP contribution >= 0.6 is 11.8 Å². The molecule has 0 unspecified atom stereocenters. The number of thioether (sulfide) groups is 1. The summed E-state index contributed by atoms with van der Waals surface area (Å²) in [5.74, 6) is -0.0246. The molecule has 1 saturated heterocycles. The van der Waals surface area contributed by atoms with E-state index in [1.165, 1.54) is 17.3 Å². The summed E-state index contributed by atoms with van der Waals surface area (Å²) < 4.78 is 5.40. The summed E-state index contributed by atoms with van der Waals surface area (Å²) >= 11 is 1.49. The molecule has 2 aromatic carbocycles. The standard InChI is InChI=1S/C24H27N3O2S/c1-16-5-4-6-21-17(2)15-22(26-23(16)21)30-18(3)24(28)25-19-7-9-20(10-8-19)27-11-13-29-14-12-27/h4-10,15,18H,11-14H2,1-3H3,(H,25,28)/t18-/m0/s1. The van der Waals surface area contributed by atoms with Crippen LogP contribution in [-0.4, -0.2) is 42.4 Å². The topological polar surface area (TPSA) is 54.5 Å². The number of morpholine rings is 1. The zero-order valence-electron chi connectivity index (χ0n) is 17.6. The van der Waals surface area contributed by atoms with Crippen molar-refractivity contribution in [3.05, 3.63) is 59.7 Å². The maximum absolute atomic E-state index is 12.7. The van der Waals surface area contributed by atoms with Crippen LogP contribution in [0.5, 0.6) is 0 Å². The van der Waals surface area contributed by atoms with E-state index in [1.54, 1.807) is 0 Å². The number of rotatable bonds is 5. The minimum Gasteiger partial charge on any atom is -0.378 e. The number of fused-ring (bicyclic) bond motifs is 1. The summed E-state index contributed by atoms with van der Waals surface area (Å²) in [6, 6.07) is 16.3. The molecule has 1 aliphatic rings. The molecule has 0 spiro atoms. The van der Waals surface area contributed by atoms with E-state index < -0.39 is 0 Å². The average Bonchev–Trinajstić information content (AvgIpc) is 2.76. The molecule has 1 aliphatic heterocycles. The van der Waals surface area contributed by atoms with Gasteiger partial charge in [-0.2, -0.15) is 0 Å². The summed E-state index contributed by atoms with van der Waals surface area (Å²) in [4.78, 5) is 19.8. The molecule has 1 aromatic heterocycles. The van der Waals surface area contributed by atoms with E-state index in [0.717, 1.165) is 59.2 Å². The number of para-hydroxylation sites is 1. The predicted octanol–water partition coefficient (Wildman–Crippen LogP) is 4.81. The van der Waals surface area contributed by atoms with Crippen molar-refractivity contribution in [2.75, 3.05) is 36.5 Å². The van der Waals surface area contributed by atoms with Crippen molar-refractivity contribution >= 4 is 39.9 Å². The highest BCUT2D eigenvalue weighted by atomic mass is 32.2. The summed E-state index contributed by atoms with van der Waals surface area (Å²) in [5, 5.41) is 4.81. The van der Waals surface area contributed by atoms with Gasteiger partial charge in [0, 0.05) is 29.9 Å². The number of nitrogens with one attached hydrogen (secondary N) is 1. The Bertz CT molecular complexity index is 1050. The Balaban J connectivity index is 1.41. The van der Waals surface area contributed by atoms with Gasteiger partial charge in [0.15, 0.2) is 0 Å². The van der Waals surface area contributed by atoms with Gasteiger partial charge in [-0.1, -0.05) is 30.0 Å². The van der Waals surface area contributed by atoms with Crippen LogP contribution in [0.15, 0.2) is 53.6 Å². The Labute approximate surface area is 181 Å². The third kappa shape index (κ3) is 4.60. The van der Waals surface area contributed by atoms with Crippen molar-refractivity contribution in [3.8, 4) is 0 Å². The van der Waals surface area contributed by atoms with Crippen molar-refractivity contribution in [3.63, 3.8) is 0 Å². The zero-order chi connectivity index (χ0) is 21.1. The first-order chi connectivity index (χ1) is 14.5. The van der Waals surface area contributed by atoms with Gasteiger partial charge in [-0.25, -0.2) is 4.98 Å². The Kier molecular flexibility index (Phi) is 6.25. The molecule has 156 valence electrons. The minimum absolute atomic E-state index is 0.0246. The second-order valence-corrected chi connectivity index (χ2v) is 9.01. The number of carbonyl (C=O) groups excluding carboxylic acids is 1. The van der Waals surface area contributed by atoms with Crippen molar-refractivity contribution in [2.45, 2.75) is 31.0 Å². The molecule has 0 saturated carbocycles. The van der Waals surface area contributed by atoms with Gasteiger partial charge in [0.05, 0.1) is 29.0 Å². The monoisotopic (exact) mass is 421 g/mol. The van der Waals surface area contributed by atoms with Gasteiger partial charge in [0.2, 0.25) is 5.91 Å². The van der Waals surface area contributed by atoms with Crippen LogP contribution in [-0.2, 0) is 9.53 Å². The highest BCUT2D eigenvalue weighted by Crippen LogP contribution is 2.29. The van der Waals surface area contributed by atoms with Gasteiger partial charge >= 0.3 is 0 Å². The third-order valence-corrected chi connectivity index (χ3v) is 6.42. The lowest BCUT2D eigenvalue weighted by molar-refractivity contribution is -0.115. The second-order valence-electron chi connectivity index (χ2n) is 7.64. The van der Waals surface area contributed by atoms with Crippen LogP contribution in [0.25, 0.3) is 10.9 Å². The molecule has 2 heterocycles. The molecule has 4 rings (SSSR count). The van der Waals surface area contributed by atoms with Crippen molar-refractivity contribution in [1.82, 2.24) is 4.98 Å². The zero-order valence-corrected chi connectivity index (χ0v) is 18.5. The van der Waals surface area contributed by atoms with E-state index in [-0.39, 0.29) is 11.2 Å². The number of aryl methyl sites for hydroxylation is 2. The van der Waals surface area contributed by atoms with E-state index in [2.05, 4.69) is 60.5 Å². The molecule has 6 heteroatoms. The van der Waals surface area contributed by atoms with Crippen molar-refractivity contribution < 1.29 is 9.53 Å². The Hall–Kier alpha value is -2.57.